The molecule has 0 aliphatic carbocycles. The average molecular weight is 206 g/mol. The van der Waals surface area contributed by atoms with Crippen LogP contribution in [0.4, 0.5) is 0 Å². The molecular weight excluding hydrogens is 196 g/mol. The van der Waals surface area contributed by atoms with Crippen LogP contribution in [-0.2, 0) is 9.53 Å². The monoisotopic (exact) mass is 206 g/mol. The highest BCUT2D eigenvalue weighted by Gasteiger charge is 2.01. The highest BCUT2D eigenvalue weighted by atomic mass is 16.5. The lowest BCUT2D eigenvalue weighted by Crippen LogP contribution is -1.96. The molecule has 15 heavy (non-hydrogen) atoms. The molecule has 1 rings (SSSR count). The number of carboxylic acid groups (broad SMARTS) is 1. The van der Waals surface area contributed by atoms with Crippen LogP contribution < -0.4 is 0 Å². The van der Waals surface area contributed by atoms with Gasteiger partial charge in [-0.3, -0.25) is 0 Å². The molecule has 0 aliphatic rings. The molecule has 1 aromatic carbocycles. The average Bonchev–Trinajstić information content (AvgIpc) is 2.26. The van der Waals surface area contributed by atoms with Crippen LogP contribution in [0.5, 0.6) is 0 Å². The Hall–Kier alpha value is -2.10. The van der Waals surface area contributed by atoms with E-state index in [1.165, 1.54) is 31.4 Å². The fraction of sp³-hybridized carbons (Fsp3) is 0.0909. The van der Waals surface area contributed by atoms with E-state index in [0.29, 0.717) is 5.56 Å². The highest BCUT2D eigenvalue weighted by Crippen LogP contribution is 2.07. The van der Waals surface area contributed by atoms with Gasteiger partial charge in [0.1, 0.15) is 0 Å². The second-order valence-corrected chi connectivity index (χ2v) is 2.79. The zero-order valence-electron chi connectivity index (χ0n) is 8.14. The lowest BCUT2D eigenvalue weighted by molar-refractivity contribution is -0.134. The maximum absolute atomic E-state index is 10.8. The number of ether oxygens (including phenoxy) is 1. The number of hydrogen-bond acceptors (Lipinski definition) is 3. The van der Waals surface area contributed by atoms with E-state index in [4.69, 9.17) is 5.11 Å². The zero-order valence-corrected chi connectivity index (χ0v) is 8.14. The first kappa shape index (κ1) is 11.0. The summed E-state index contributed by atoms with van der Waals surface area (Å²) in [5, 5.41) is 8.72. The number of carbonyl (C=O) groups excluding carboxylic acids is 1. The number of rotatable bonds is 3. The molecule has 0 heterocycles. The Morgan fingerprint density at radius 2 is 2.13 bits per heavy atom. The van der Waals surface area contributed by atoms with Gasteiger partial charge in [-0.15, -0.1) is 0 Å². The summed E-state index contributed by atoms with van der Waals surface area (Å²) in [6.45, 7) is 0. The summed E-state index contributed by atoms with van der Waals surface area (Å²) in [6.07, 6.45) is 2.74. The van der Waals surface area contributed by atoms with Crippen LogP contribution in [0.15, 0.2) is 30.3 Å². The second-order valence-electron chi connectivity index (χ2n) is 2.79. The van der Waals surface area contributed by atoms with Gasteiger partial charge < -0.3 is 9.84 Å². The topological polar surface area (TPSA) is 63.6 Å². The van der Waals surface area contributed by atoms with Crippen LogP contribution in [0.3, 0.4) is 0 Å². The second kappa shape index (κ2) is 4.95. The van der Waals surface area contributed by atoms with Gasteiger partial charge in [0.15, 0.2) is 0 Å². The highest BCUT2D eigenvalue weighted by molar-refractivity contribution is 5.90. The lowest BCUT2D eigenvalue weighted by Gasteiger charge is -1.96. The lowest BCUT2D eigenvalue weighted by atomic mass is 10.1. The third-order valence-electron chi connectivity index (χ3n) is 1.75. The van der Waals surface area contributed by atoms with Crippen LogP contribution in [0.25, 0.3) is 6.08 Å². The van der Waals surface area contributed by atoms with Gasteiger partial charge in [0, 0.05) is 6.08 Å². The Morgan fingerprint density at radius 1 is 1.40 bits per heavy atom. The molecule has 0 bridgehead atoms. The predicted octanol–water partition coefficient (Wildman–Crippen LogP) is 1.57. The van der Waals surface area contributed by atoms with Crippen molar-refractivity contribution in [3.05, 3.63) is 41.5 Å². The Kier molecular flexibility index (Phi) is 3.62. The summed E-state index contributed by atoms with van der Waals surface area (Å²) in [6, 6.07) is 6.27. The van der Waals surface area contributed by atoms with E-state index >= 15 is 0 Å². The standard InChI is InChI=1S/C11H10O4/c1-15-10(12)6-5-8-3-2-4-9(7-8)11(13)14/h2-7H,1H3,(H,13,14)/b6-5+. The summed E-state index contributed by atoms with van der Waals surface area (Å²) in [5.74, 6) is -1.47. The number of benzene rings is 1. The molecule has 4 heteroatoms. The van der Waals surface area contributed by atoms with Crippen LogP contribution in [-0.4, -0.2) is 24.2 Å². The minimum atomic E-state index is -0.997. The SMILES string of the molecule is COC(=O)/C=C/c1cccc(C(=O)O)c1. The van der Waals surface area contributed by atoms with Crippen molar-refractivity contribution in [2.45, 2.75) is 0 Å². The van der Waals surface area contributed by atoms with Crippen molar-refractivity contribution in [3.63, 3.8) is 0 Å². The van der Waals surface area contributed by atoms with Gasteiger partial charge >= 0.3 is 11.9 Å². The molecule has 0 amide bonds. The fourth-order valence-electron chi connectivity index (χ4n) is 1.01. The molecular formula is C11H10O4. The molecule has 78 valence electrons. The number of methoxy groups -OCH3 is 1. The molecule has 0 radical (unpaired) electrons. The van der Waals surface area contributed by atoms with Crippen LogP contribution >= 0.6 is 0 Å². The maximum atomic E-state index is 10.8. The van der Waals surface area contributed by atoms with Crippen molar-refractivity contribution in [2.24, 2.45) is 0 Å². The molecule has 0 aliphatic heterocycles. The van der Waals surface area contributed by atoms with Gasteiger partial charge in [-0.1, -0.05) is 12.1 Å². The van der Waals surface area contributed by atoms with E-state index in [2.05, 4.69) is 4.74 Å². The van der Waals surface area contributed by atoms with Crippen LogP contribution in [0.1, 0.15) is 15.9 Å². The van der Waals surface area contributed by atoms with E-state index in [9.17, 15) is 9.59 Å². The molecule has 0 aromatic heterocycles. The maximum Gasteiger partial charge on any atom is 0.335 e. The molecule has 4 nitrogen and oxygen atoms in total. The zero-order chi connectivity index (χ0) is 11.3. The van der Waals surface area contributed by atoms with Crippen LogP contribution in [0.2, 0.25) is 0 Å². The molecule has 0 atom stereocenters. The summed E-state index contributed by atoms with van der Waals surface area (Å²) >= 11 is 0. The third-order valence-corrected chi connectivity index (χ3v) is 1.75. The molecule has 0 spiro atoms. The van der Waals surface area contributed by atoms with E-state index < -0.39 is 11.9 Å². The minimum absolute atomic E-state index is 0.182. The van der Waals surface area contributed by atoms with Gasteiger partial charge in [0.2, 0.25) is 0 Å². The normalized spacial score (nSPS) is 10.2. The fourth-order valence-corrected chi connectivity index (χ4v) is 1.01. The predicted molar refractivity (Wildman–Crippen MR) is 54.5 cm³/mol. The quantitative estimate of drug-likeness (QED) is 0.602. The Morgan fingerprint density at radius 3 is 2.73 bits per heavy atom. The summed E-state index contributed by atoms with van der Waals surface area (Å²) in [7, 11) is 1.28. The summed E-state index contributed by atoms with van der Waals surface area (Å²) in [5.41, 5.74) is 0.822. The van der Waals surface area contributed by atoms with E-state index in [-0.39, 0.29) is 5.56 Å². The van der Waals surface area contributed by atoms with Crippen molar-refractivity contribution in [1.82, 2.24) is 0 Å². The van der Waals surface area contributed by atoms with E-state index in [0.717, 1.165) is 0 Å². The summed E-state index contributed by atoms with van der Waals surface area (Å²) in [4.78, 5) is 21.4. The first-order chi connectivity index (χ1) is 7.13. The molecule has 0 saturated heterocycles. The number of carboxylic acids is 1. The van der Waals surface area contributed by atoms with Crippen molar-refractivity contribution in [3.8, 4) is 0 Å². The van der Waals surface area contributed by atoms with Gasteiger partial charge in [-0.25, -0.2) is 9.59 Å². The van der Waals surface area contributed by atoms with Crippen LogP contribution in [0, 0.1) is 0 Å². The largest absolute Gasteiger partial charge is 0.478 e. The number of aromatic carboxylic acids is 1. The molecule has 0 saturated carbocycles. The first-order valence-electron chi connectivity index (χ1n) is 4.23. The van der Waals surface area contributed by atoms with Gasteiger partial charge in [0.25, 0.3) is 0 Å². The Labute approximate surface area is 86.8 Å². The summed E-state index contributed by atoms with van der Waals surface area (Å²) < 4.78 is 4.41. The van der Waals surface area contributed by atoms with Gasteiger partial charge in [-0.2, -0.15) is 0 Å². The molecule has 0 fully saturated rings. The molecule has 1 N–H and O–H groups in total. The Bertz CT molecular complexity index is 407. The smallest absolute Gasteiger partial charge is 0.335 e. The van der Waals surface area contributed by atoms with Gasteiger partial charge in [0.05, 0.1) is 12.7 Å². The first-order valence-corrected chi connectivity index (χ1v) is 4.23. The number of carbonyl (C=O) groups is 2. The third kappa shape index (κ3) is 3.27. The van der Waals surface area contributed by atoms with Crippen molar-refractivity contribution in [1.29, 1.82) is 0 Å². The minimum Gasteiger partial charge on any atom is -0.478 e. The van der Waals surface area contributed by atoms with Gasteiger partial charge in [-0.05, 0) is 23.8 Å². The Balaban J connectivity index is 2.87. The number of hydrogen-bond donors (Lipinski definition) is 1. The number of esters is 1. The molecule has 0 unspecified atom stereocenters. The molecule has 1 aromatic rings. The van der Waals surface area contributed by atoms with Crippen molar-refractivity contribution >= 4 is 18.0 Å². The van der Waals surface area contributed by atoms with E-state index in [1.54, 1.807) is 12.1 Å². The van der Waals surface area contributed by atoms with E-state index in [1.807, 2.05) is 0 Å². The van der Waals surface area contributed by atoms with Crippen molar-refractivity contribution in [2.75, 3.05) is 7.11 Å². The van der Waals surface area contributed by atoms with Crippen molar-refractivity contribution < 1.29 is 19.4 Å².